The number of imidazole rings is 1. The van der Waals surface area contributed by atoms with Gasteiger partial charge in [0.2, 0.25) is 0 Å². The summed E-state index contributed by atoms with van der Waals surface area (Å²) in [4.78, 5) is 7.00. The Morgan fingerprint density at radius 1 is 1.12 bits per heavy atom. The number of nitrogens with two attached hydrogens (primary N) is 1. The van der Waals surface area contributed by atoms with Gasteiger partial charge in [-0.15, -0.1) is 0 Å². The second-order valence-corrected chi connectivity index (χ2v) is 5.01. The van der Waals surface area contributed by atoms with E-state index in [0.29, 0.717) is 5.95 Å². The van der Waals surface area contributed by atoms with Crippen molar-refractivity contribution in [1.82, 2.24) is 9.97 Å². The van der Waals surface area contributed by atoms with Crippen LogP contribution < -0.4 is 5.73 Å². The van der Waals surface area contributed by atoms with Crippen LogP contribution in [0.3, 0.4) is 0 Å². The van der Waals surface area contributed by atoms with Crippen molar-refractivity contribution in [1.29, 1.82) is 0 Å². The number of benzene rings is 1. The largest absolute Gasteiger partial charge is 0.369 e. The Bertz CT molecular complexity index is 475. The van der Waals surface area contributed by atoms with E-state index in [1.165, 1.54) is 5.56 Å². The molecule has 0 saturated carbocycles. The molecule has 0 saturated heterocycles. The lowest BCUT2D eigenvalue weighted by molar-refractivity contribution is 0.590. The smallest absolute Gasteiger partial charge is 0.197 e. The molecular formula is C13H17N3. The van der Waals surface area contributed by atoms with Gasteiger partial charge in [-0.1, -0.05) is 45.0 Å². The summed E-state index contributed by atoms with van der Waals surface area (Å²) in [6.45, 7) is 6.61. The lowest BCUT2D eigenvalue weighted by Crippen LogP contribution is -2.10. The van der Waals surface area contributed by atoms with Gasteiger partial charge in [0, 0.05) is 0 Å². The van der Waals surface area contributed by atoms with Gasteiger partial charge in [-0.25, -0.2) is 4.98 Å². The summed E-state index contributed by atoms with van der Waals surface area (Å²) in [7, 11) is 0. The molecule has 1 heterocycles. The zero-order valence-electron chi connectivity index (χ0n) is 9.91. The van der Waals surface area contributed by atoms with Crippen LogP contribution in [0.5, 0.6) is 0 Å². The minimum absolute atomic E-state index is 0.186. The third kappa shape index (κ3) is 2.08. The second kappa shape index (κ2) is 3.67. The first-order valence-electron chi connectivity index (χ1n) is 5.38. The van der Waals surface area contributed by atoms with Gasteiger partial charge in [0.25, 0.3) is 0 Å². The van der Waals surface area contributed by atoms with E-state index in [2.05, 4.69) is 55.0 Å². The first-order chi connectivity index (χ1) is 7.47. The average Bonchev–Trinajstić information content (AvgIpc) is 2.64. The minimum atomic E-state index is 0.186. The Labute approximate surface area is 95.7 Å². The molecule has 0 aliphatic carbocycles. The van der Waals surface area contributed by atoms with Gasteiger partial charge in [-0.05, 0) is 16.5 Å². The predicted molar refractivity (Wildman–Crippen MR) is 67.1 cm³/mol. The quantitative estimate of drug-likeness (QED) is 0.768. The molecule has 2 rings (SSSR count). The molecule has 0 amide bonds. The van der Waals surface area contributed by atoms with Crippen molar-refractivity contribution in [2.24, 2.45) is 0 Å². The van der Waals surface area contributed by atoms with E-state index in [0.717, 1.165) is 11.3 Å². The number of hydrogen-bond donors (Lipinski definition) is 2. The molecule has 0 atom stereocenters. The molecule has 3 heteroatoms. The molecule has 0 fully saturated rings. The molecule has 0 unspecified atom stereocenters. The summed E-state index contributed by atoms with van der Waals surface area (Å²) in [6.07, 6.45) is 1.75. The molecule has 16 heavy (non-hydrogen) atoms. The summed E-state index contributed by atoms with van der Waals surface area (Å²) in [6, 6.07) is 8.47. The van der Waals surface area contributed by atoms with Crippen LogP contribution in [-0.2, 0) is 5.41 Å². The fraction of sp³-hybridized carbons (Fsp3) is 0.308. The molecule has 2 aromatic rings. The number of H-pyrrole nitrogens is 1. The lowest BCUT2D eigenvalue weighted by Gasteiger charge is -2.18. The van der Waals surface area contributed by atoms with Crippen molar-refractivity contribution in [3.63, 3.8) is 0 Å². The molecule has 0 spiro atoms. The van der Waals surface area contributed by atoms with E-state index < -0.39 is 0 Å². The first-order valence-corrected chi connectivity index (χ1v) is 5.38. The highest BCUT2D eigenvalue weighted by Gasteiger charge is 2.13. The van der Waals surface area contributed by atoms with Gasteiger partial charge in [-0.2, -0.15) is 0 Å². The molecule has 0 aliphatic heterocycles. The van der Waals surface area contributed by atoms with Crippen LogP contribution >= 0.6 is 0 Å². The maximum atomic E-state index is 5.55. The average molecular weight is 215 g/mol. The summed E-state index contributed by atoms with van der Waals surface area (Å²) >= 11 is 0. The van der Waals surface area contributed by atoms with Gasteiger partial charge in [-0.3, -0.25) is 0 Å². The Hall–Kier alpha value is -1.77. The number of rotatable bonds is 1. The van der Waals surface area contributed by atoms with E-state index in [1.54, 1.807) is 6.20 Å². The maximum absolute atomic E-state index is 5.55. The van der Waals surface area contributed by atoms with Crippen molar-refractivity contribution in [2.45, 2.75) is 26.2 Å². The molecule has 3 nitrogen and oxygen atoms in total. The van der Waals surface area contributed by atoms with Gasteiger partial charge in [0.1, 0.15) is 0 Å². The Morgan fingerprint density at radius 3 is 2.19 bits per heavy atom. The number of nitrogens with one attached hydrogen (secondary N) is 1. The van der Waals surface area contributed by atoms with Gasteiger partial charge >= 0.3 is 0 Å². The predicted octanol–water partition coefficient (Wildman–Crippen LogP) is 2.96. The SMILES string of the molecule is CC(C)(C)c1ccc(-c2cnc(N)[nH]2)cc1. The highest BCUT2D eigenvalue weighted by molar-refractivity contribution is 5.60. The molecule has 3 N–H and O–H groups in total. The summed E-state index contributed by atoms with van der Waals surface area (Å²) in [5.41, 5.74) is 9.12. The van der Waals surface area contributed by atoms with Crippen LogP contribution in [0.4, 0.5) is 5.95 Å². The van der Waals surface area contributed by atoms with Crippen molar-refractivity contribution in [3.8, 4) is 11.3 Å². The van der Waals surface area contributed by atoms with Crippen LogP contribution in [0.25, 0.3) is 11.3 Å². The number of hydrogen-bond acceptors (Lipinski definition) is 2. The normalized spacial score (nSPS) is 11.7. The number of anilines is 1. The van der Waals surface area contributed by atoms with E-state index in [-0.39, 0.29) is 5.41 Å². The topological polar surface area (TPSA) is 54.7 Å². The number of aromatic nitrogens is 2. The molecule has 0 bridgehead atoms. The molecule has 1 aromatic carbocycles. The Kier molecular flexibility index (Phi) is 2.46. The first kappa shape index (κ1) is 10.7. The third-order valence-electron chi connectivity index (χ3n) is 2.66. The van der Waals surface area contributed by atoms with Gasteiger partial charge in [0.05, 0.1) is 11.9 Å². The molecular weight excluding hydrogens is 198 g/mol. The zero-order valence-corrected chi connectivity index (χ0v) is 9.91. The summed E-state index contributed by atoms with van der Waals surface area (Å²) < 4.78 is 0. The monoisotopic (exact) mass is 215 g/mol. The van der Waals surface area contributed by atoms with Crippen molar-refractivity contribution < 1.29 is 0 Å². The molecule has 1 aromatic heterocycles. The number of aromatic amines is 1. The fourth-order valence-corrected chi connectivity index (χ4v) is 1.63. The van der Waals surface area contributed by atoms with E-state index in [4.69, 9.17) is 5.73 Å². The van der Waals surface area contributed by atoms with E-state index in [9.17, 15) is 0 Å². The Morgan fingerprint density at radius 2 is 1.75 bits per heavy atom. The van der Waals surface area contributed by atoms with Gasteiger partial charge in [0.15, 0.2) is 5.95 Å². The zero-order chi connectivity index (χ0) is 11.8. The lowest BCUT2D eigenvalue weighted by atomic mass is 9.86. The highest BCUT2D eigenvalue weighted by atomic mass is 15.0. The van der Waals surface area contributed by atoms with Crippen LogP contribution in [0.2, 0.25) is 0 Å². The number of nitrogen functional groups attached to an aromatic ring is 1. The van der Waals surface area contributed by atoms with Crippen LogP contribution in [0.1, 0.15) is 26.3 Å². The standard InChI is InChI=1S/C13H17N3/c1-13(2,3)10-6-4-9(5-7-10)11-8-15-12(14)16-11/h4-8H,1-3H3,(H3,14,15,16). The Balaban J connectivity index is 2.33. The molecule has 0 aliphatic rings. The van der Waals surface area contributed by atoms with Gasteiger partial charge < -0.3 is 10.7 Å². The molecule has 84 valence electrons. The van der Waals surface area contributed by atoms with Crippen LogP contribution in [-0.4, -0.2) is 9.97 Å². The van der Waals surface area contributed by atoms with Crippen molar-refractivity contribution >= 4 is 5.95 Å². The van der Waals surface area contributed by atoms with Crippen LogP contribution in [0.15, 0.2) is 30.5 Å². The number of nitrogens with zero attached hydrogens (tertiary/aromatic N) is 1. The fourth-order valence-electron chi connectivity index (χ4n) is 1.63. The van der Waals surface area contributed by atoms with E-state index >= 15 is 0 Å². The van der Waals surface area contributed by atoms with Crippen molar-refractivity contribution in [2.75, 3.05) is 5.73 Å². The molecule has 0 radical (unpaired) electrons. The van der Waals surface area contributed by atoms with Crippen LogP contribution in [0, 0.1) is 0 Å². The second-order valence-electron chi connectivity index (χ2n) is 5.01. The van der Waals surface area contributed by atoms with E-state index in [1.807, 2.05) is 0 Å². The van der Waals surface area contributed by atoms with Crippen molar-refractivity contribution in [3.05, 3.63) is 36.0 Å². The maximum Gasteiger partial charge on any atom is 0.197 e. The highest BCUT2D eigenvalue weighted by Crippen LogP contribution is 2.25. The minimum Gasteiger partial charge on any atom is -0.369 e. The summed E-state index contributed by atoms with van der Waals surface area (Å²) in [5.74, 6) is 0.454. The summed E-state index contributed by atoms with van der Waals surface area (Å²) in [5, 5.41) is 0. The third-order valence-corrected chi connectivity index (χ3v) is 2.66.